The van der Waals surface area contributed by atoms with Crippen molar-refractivity contribution in [1.82, 2.24) is 9.66 Å². The first-order valence-corrected chi connectivity index (χ1v) is 6.54. The van der Waals surface area contributed by atoms with Gasteiger partial charge in [-0.2, -0.15) is 0 Å². The molecule has 2 fully saturated rings. The molecule has 0 N–H and O–H groups in total. The van der Waals surface area contributed by atoms with Crippen LogP contribution in [-0.2, 0) is 0 Å². The molecule has 4 heteroatoms. The predicted molar refractivity (Wildman–Crippen MR) is 70.4 cm³/mol. The molecule has 1 aromatic carbocycles. The van der Waals surface area contributed by atoms with Crippen molar-refractivity contribution in [1.29, 1.82) is 0 Å². The summed E-state index contributed by atoms with van der Waals surface area (Å²) in [5.41, 5.74) is 0.871. The van der Waals surface area contributed by atoms with Gasteiger partial charge in [-0.25, -0.2) is 9.66 Å². The van der Waals surface area contributed by atoms with Gasteiger partial charge in [0.2, 0.25) is 0 Å². The number of fused-ring (bicyclic) bond motifs is 2. The maximum atomic E-state index is 12.5. The van der Waals surface area contributed by atoms with Crippen molar-refractivity contribution in [3.05, 3.63) is 40.4 Å². The van der Waals surface area contributed by atoms with E-state index in [0.717, 1.165) is 11.3 Å². The summed E-state index contributed by atoms with van der Waals surface area (Å²) >= 11 is 0. The number of rotatable bonds is 1. The molecule has 2 heterocycles. The van der Waals surface area contributed by atoms with Crippen LogP contribution >= 0.6 is 0 Å². The zero-order valence-electron chi connectivity index (χ0n) is 10.3. The molecule has 2 atom stereocenters. The van der Waals surface area contributed by atoms with E-state index in [0.29, 0.717) is 17.5 Å². The van der Waals surface area contributed by atoms with E-state index in [4.69, 9.17) is 0 Å². The summed E-state index contributed by atoms with van der Waals surface area (Å²) in [5.74, 6) is 0.799. The van der Waals surface area contributed by atoms with Crippen molar-refractivity contribution in [3.63, 3.8) is 0 Å². The summed E-state index contributed by atoms with van der Waals surface area (Å²) in [6.07, 6.45) is 3.72. The number of hydrogen-bond acceptors (Lipinski definition) is 3. The summed E-state index contributed by atoms with van der Waals surface area (Å²) < 4.78 is 1.79. The fourth-order valence-electron chi connectivity index (χ4n) is 3.31. The number of nitrogens with zero attached hydrogens (tertiary/aromatic N) is 3. The Labute approximate surface area is 105 Å². The van der Waals surface area contributed by atoms with Crippen molar-refractivity contribution in [2.24, 2.45) is 0 Å². The Kier molecular flexibility index (Phi) is 1.88. The largest absolute Gasteiger partial charge is 0.298 e. The molecular formula is C14H15N3O. The number of aryl methyl sites for hydroxylation is 1. The minimum Gasteiger partial charge on any atom is -0.298 e. The van der Waals surface area contributed by atoms with Crippen LogP contribution in [-0.4, -0.2) is 21.7 Å². The number of hydrogen-bond donors (Lipinski definition) is 0. The van der Waals surface area contributed by atoms with Crippen LogP contribution in [0.5, 0.6) is 0 Å². The second-order valence-corrected chi connectivity index (χ2v) is 5.24. The highest BCUT2D eigenvalue weighted by Gasteiger charge is 2.52. The van der Waals surface area contributed by atoms with Gasteiger partial charge >= 0.3 is 0 Å². The van der Waals surface area contributed by atoms with E-state index in [1.165, 1.54) is 19.3 Å². The Morgan fingerprint density at radius 2 is 1.94 bits per heavy atom. The molecule has 1 aliphatic heterocycles. The van der Waals surface area contributed by atoms with E-state index < -0.39 is 0 Å². The van der Waals surface area contributed by atoms with E-state index in [9.17, 15) is 4.79 Å². The lowest BCUT2D eigenvalue weighted by molar-refractivity contribution is 0.627. The first kappa shape index (κ1) is 10.1. The minimum atomic E-state index is 0.0764. The Balaban J connectivity index is 1.93. The van der Waals surface area contributed by atoms with Crippen molar-refractivity contribution in [2.45, 2.75) is 38.3 Å². The third kappa shape index (κ3) is 1.20. The van der Waals surface area contributed by atoms with Gasteiger partial charge in [-0.05, 0) is 38.3 Å². The Bertz CT molecular complexity index is 681. The van der Waals surface area contributed by atoms with Crippen molar-refractivity contribution < 1.29 is 0 Å². The third-order valence-electron chi connectivity index (χ3n) is 4.18. The number of aromatic nitrogens is 2. The van der Waals surface area contributed by atoms with Crippen LogP contribution in [0.15, 0.2) is 29.1 Å². The van der Waals surface area contributed by atoms with Crippen LogP contribution < -0.4 is 10.6 Å². The standard InChI is InChI=1S/C14H15N3O/c1-9-15-11-6-3-2-5-10(11)14(18)16(9)17-12-7-4-8-13(12)17/h2-3,5-6,12-13H,4,7-8H2,1H3. The molecular weight excluding hydrogens is 226 g/mol. The van der Waals surface area contributed by atoms with E-state index in [1.807, 2.05) is 31.2 Å². The molecule has 2 aliphatic rings. The first-order valence-electron chi connectivity index (χ1n) is 6.54. The van der Waals surface area contributed by atoms with Gasteiger partial charge in [0.15, 0.2) is 0 Å². The Morgan fingerprint density at radius 1 is 1.22 bits per heavy atom. The Morgan fingerprint density at radius 3 is 2.72 bits per heavy atom. The lowest BCUT2D eigenvalue weighted by Crippen LogP contribution is -2.34. The van der Waals surface area contributed by atoms with Crippen LogP contribution in [0.1, 0.15) is 25.1 Å². The molecule has 2 unspecified atom stereocenters. The predicted octanol–water partition coefficient (Wildman–Crippen LogP) is 1.58. The second kappa shape index (κ2) is 3.34. The van der Waals surface area contributed by atoms with Crippen molar-refractivity contribution in [2.75, 3.05) is 5.01 Å². The van der Waals surface area contributed by atoms with Gasteiger partial charge in [0.25, 0.3) is 5.56 Å². The molecule has 92 valence electrons. The smallest absolute Gasteiger partial charge is 0.280 e. The van der Waals surface area contributed by atoms with Crippen molar-refractivity contribution in [3.8, 4) is 0 Å². The van der Waals surface area contributed by atoms with E-state index in [2.05, 4.69) is 9.99 Å². The topological polar surface area (TPSA) is 37.9 Å². The quantitative estimate of drug-likeness (QED) is 0.711. The molecule has 1 aliphatic carbocycles. The molecule has 4 nitrogen and oxygen atoms in total. The summed E-state index contributed by atoms with van der Waals surface area (Å²) in [4.78, 5) is 17.1. The van der Waals surface area contributed by atoms with Gasteiger partial charge < -0.3 is 0 Å². The second-order valence-electron chi connectivity index (χ2n) is 5.24. The van der Waals surface area contributed by atoms with Gasteiger partial charge in [-0.1, -0.05) is 12.1 Å². The minimum absolute atomic E-state index is 0.0764. The fourth-order valence-corrected chi connectivity index (χ4v) is 3.31. The number of benzene rings is 1. The molecule has 18 heavy (non-hydrogen) atoms. The van der Waals surface area contributed by atoms with Gasteiger partial charge in [0.05, 0.1) is 23.0 Å². The molecule has 0 bridgehead atoms. The van der Waals surface area contributed by atoms with E-state index in [-0.39, 0.29) is 5.56 Å². The monoisotopic (exact) mass is 241 g/mol. The summed E-state index contributed by atoms with van der Waals surface area (Å²) in [6.45, 7) is 1.92. The molecule has 0 radical (unpaired) electrons. The van der Waals surface area contributed by atoms with Crippen LogP contribution in [0.2, 0.25) is 0 Å². The summed E-state index contributed by atoms with van der Waals surface area (Å²) in [6, 6.07) is 8.73. The normalized spacial score (nSPS) is 25.5. The third-order valence-corrected chi connectivity index (χ3v) is 4.18. The van der Waals surface area contributed by atoms with E-state index >= 15 is 0 Å². The van der Waals surface area contributed by atoms with Crippen LogP contribution in [0.25, 0.3) is 10.9 Å². The lowest BCUT2D eigenvalue weighted by Gasteiger charge is -2.15. The zero-order valence-corrected chi connectivity index (χ0v) is 10.3. The number of para-hydroxylation sites is 1. The molecule has 1 aromatic heterocycles. The summed E-state index contributed by atoms with van der Waals surface area (Å²) in [5, 5.41) is 2.92. The zero-order chi connectivity index (χ0) is 12.3. The first-order chi connectivity index (χ1) is 8.77. The molecule has 1 saturated carbocycles. The van der Waals surface area contributed by atoms with Gasteiger partial charge in [0.1, 0.15) is 5.82 Å². The van der Waals surface area contributed by atoms with Gasteiger partial charge in [-0.3, -0.25) is 9.80 Å². The van der Waals surface area contributed by atoms with Crippen LogP contribution in [0.3, 0.4) is 0 Å². The van der Waals surface area contributed by atoms with E-state index in [1.54, 1.807) is 4.68 Å². The highest BCUT2D eigenvalue weighted by atomic mass is 16.1. The highest BCUT2D eigenvalue weighted by molar-refractivity contribution is 5.77. The maximum absolute atomic E-state index is 12.5. The average molecular weight is 241 g/mol. The molecule has 0 spiro atoms. The lowest BCUT2D eigenvalue weighted by atomic mass is 10.2. The summed E-state index contributed by atoms with van der Waals surface area (Å²) in [7, 11) is 0. The molecule has 4 rings (SSSR count). The van der Waals surface area contributed by atoms with Gasteiger partial charge in [-0.15, -0.1) is 0 Å². The highest BCUT2D eigenvalue weighted by Crippen LogP contribution is 2.40. The van der Waals surface area contributed by atoms with Crippen molar-refractivity contribution >= 4 is 10.9 Å². The number of piperidine rings is 1. The molecule has 1 saturated heterocycles. The average Bonchev–Trinajstić information content (AvgIpc) is 2.84. The Hall–Kier alpha value is -1.84. The molecule has 2 aromatic rings. The van der Waals surface area contributed by atoms with Crippen LogP contribution in [0.4, 0.5) is 0 Å². The fraction of sp³-hybridized carbons (Fsp3) is 0.429. The van der Waals surface area contributed by atoms with Gasteiger partial charge in [0, 0.05) is 0 Å². The SMILES string of the molecule is Cc1nc2ccccc2c(=O)n1N1C2CCCC21. The maximum Gasteiger partial charge on any atom is 0.280 e. The molecule has 0 amide bonds. The van der Waals surface area contributed by atoms with Crippen LogP contribution in [0, 0.1) is 6.92 Å².